The second-order valence-electron chi connectivity index (χ2n) is 11.4. The lowest BCUT2D eigenvalue weighted by Gasteiger charge is -2.38. The summed E-state index contributed by atoms with van der Waals surface area (Å²) < 4.78 is 112. The van der Waals surface area contributed by atoms with Crippen molar-refractivity contribution in [2.75, 3.05) is 0 Å². The van der Waals surface area contributed by atoms with Gasteiger partial charge in [0.05, 0.1) is 0 Å². The van der Waals surface area contributed by atoms with Crippen LogP contribution in [0.2, 0.25) is 71.5 Å². The maximum atomic E-state index is 12.6. The van der Waals surface area contributed by atoms with Gasteiger partial charge in [-0.25, -0.2) is 16.8 Å². The lowest BCUT2D eigenvalue weighted by atomic mass is 10.2. The maximum Gasteiger partial charge on any atom is 0.480 e. The second kappa shape index (κ2) is 12.3. The summed E-state index contributed by atoms with van der Waals surface area (Å²) in [5.41, 5.74) is -5.13. The molecule has 19 heteroatoms. The van der Waals surface area contributed by atoms with Crippen LogP contribution in [0.15, 0.2) is 29.2 Å². The van der Waals surface area contributed by atoms with Gasteiger partial charge in [0.1, 0.15) is 10.0 Å². The molecule has 0 aliphatic carbocycles. The molecule has 9 nitrogen and oxygen atoms in total. The number of halogens is 3. The average Bonchev–Trinajstić information content (AvgIpc) is 2.60. The number of sulfonamides is 2. The van der Waals surface area contributed by atoms with E-state index in [4.69, 9.17) is 16.5 Å². The quantitative estimate of drug-likeness (QED) is 0.238. The first kappa shape index (κ1) is 35.8. The number of aryl methyl sites for hydroxylation is 1. The molecule has 2 atom stereocenters. The standard InChI is InChI=1S/C19H39F3NO8S2Si5/c1-34(28-37(8,9)30-35(2,3)4)29-38(10,31-36(5,6)7)16-15-17-11-13-18(14-12-17)32(24,25)23-33(26,27)19(20,21)22/h11-14,34H,15-16H2,1-10H3/q-1. The minimum atomic E-state index is -6.19. The van der Waals surface area contributed by atoms with Crippen LogP contribution in [-0.4, -0.2) is 65.4 Å². The Bertz CT molecular complexity index is 1150. The van der Waals surface area contributed by atoms with Crippen LogP contribution in [-0.2, 0) is 42.9 Å². The number of rotatable bonds is 14. The largest absolute Gasteiger partial charge is 0.480 e. The van der Waals surface area contributed by atoms with E-state index < -0.39 is 73.5 Å². The summed E-state index contributed by atoms with van der Waals surface area (Å²) in [6.45, 7) is 20.4. The average molecular weight is 671 g/mol. The molecule has 1 aromatic rings. The zero-order valence-electron chi connectivity index (χ0n) is 23.5. The van der Waals surface area contributed by atoms with Gasteiger partial charge < -0.3 is 20.6 Å². The van der Waals surface area contributed by atoms with Gasteiger partial charge in [-0.05, 0) is 95.6 Å². The van der Waals surface area contributed by atoms with Gasteiger partial charge in [-0.3, -0.25) is 0 Å². The smallest absolute Gasteiger partial charge is 0.437 e. The molecule has 0 aliphatic rings. The Morgan fingerprint density at radius 2 is 1.29 bits per heavy atom. The molecule has 0 amide bonds. The molecule has 0 aromatic heterocycles. The predicted molar refractivity (Wildman–Crippen MR) is 154 cm³/mol. The van der Waals surface area contributed by atoms with E-state index in [2.05, 4.69) is 43.4 Å². The summed E-state index contributed by atoms with van der Waals surface area (Å²) in [7, 11) is -22.4. The molecule has 0 saturated heterocycles. The third-order valence-corrected chi connectivity index (χ3v) is 24.2. The topological polar surface area (TPSA) is 119 Å². The van der Waals surface area contributed by atoms with Crippen molar-refractivity contribution in [2.45, 2.75) is 88.3 Å². The minimum Gasteiger partial charge on any atom is -0.437 e. The normalized spacial score (nSPS) is 16.8. The van der Waals surface area contributed by atoms with Crippen LogP contribution in [0.25, 0.3) is 4.13 Å². The number of hydrogen-bond acceptors (Lipinski definition) is 8. The third-order valence-electron chi connectivity index (χ3n) is 4.52. The van der Waals surface area contributed by atoms with Gasteiger partial charge in [0.25, 0.3) is 0 Å². The fourth-order valence-corrected chi connectivity index (χ4v) is 26.5. The first-order valence-corrected chi connectivity index (χ1v) is 28.9. The molecule has 2 unspecified atom stereocenters. The molecule has 0 bridgehead atoms. The summed E-state index contributed by atoms with van der Waals surface area (Å²) in [5, 5.41) is 0. The Kier molecular flexibility index (Phi) is 11.6. The fraction of sp³-hybridized carbons (Fsp3) is 0.684. The van der Waals surface area contributed by atoms with E-state index in [0.29, 0.717) is 18.0 Å². The van der Waals surface area contributed by atoms with Crippen LogP contribution in [0.5, 0.6) is 0 Å². The highest BCUT2D eigenvalue weighted by atomic mass is 32.3. The Hall–Kier alpha value is -0.206. The highest BCUT2D eigenvalue weighted by Crippen LogP contribution is 2.33. The number of hydrogen-bond donors (Lipinski definition) is 0. The van der Waals surface area contributed by atoms with Crippen LogP contribution in [0.4, 0.5) is 13.2 Å². The third kappa shape index (κ3) is 12.5. The molecule has 1 rings (SSSR count). The first-order chi connectivity index (χ1) is 16.7. The van der Waals surface area contributed by atoms with Gasteiger partial charge in [0.15, 0.2) is 26.7 Å². The van der Waals surface area contributed by atoms with E-state index in [1.165, 1.54) is 12.1 Å². The number of benzene rings is 1. The van der Waals surface area contributed by atoms with Crippen molar-refractivity contribution < 1.29 is 46.5 Å². The van der Waals surface area contributed by atoms with Gasteiger partial charge in [0.2, 0.25) is 0 Å². The molecule has 0 saturated carbocycles. The van der Waals surface area contributed by atoms with Crippen molar-refractivity contribution in [1.82, 2.24) is 0 Å². The summed E-state index contributed by atoms with van der Waals surface area (Å²) in [6, 6.07) is 5.39. The van der Waals surface area contributed by atoms with Crippen molar-refractivity contribution in [3.63, 3.8) is 0 Å². The summed E-state index contributed by atoms with van der Waals surface area (Å²) in [4.78, 5) is -0.660. The summed E-state index contributed by atoms with van der Waals surface area (Å²) in [5.74, 6) is 0. The maximum absolute atomic E-state index is 12.6. The molecule has 0 aliphatic heterocycles. The minimum absolute atomic E-state index is 0.443. The van der Waals surface area contributed by atoms with E-state index in [1.54, 1.807) is 0 Å². The predicted octanol–water partition coefficient (Wildman–Crippen LogP) is 5.50. The van der Waals surface area contributed by atoms with Crippen LogP contribution in [0.3, 0.4) is 0 Å². The van der Waals surface area contributed by atoms with Crippen molar-refractivity contribution >= 4 is 63.1 Å². The lowest BCUT2D eigenvalue weighted by Crippen LogP contribution is -2.54. The van der Waals surface area contributed by atoms with E-state index in [9.17, 15) is 30.0 Å². The van der Waals surface area contributed by atoms with Gasteiger partial charge in [-0.15, -0.1) is 0 Å². The highest BCUT2D eigenvalue weighted by Gasteiger charge is 2.42. The summed E-state index contributed by atoms with van der Waals surface area (Å²) in [6.07, 6.45) is 0.443. The Morgan fingerprint density at radius 1 is 0.816 bits per heavy atom. The first-order valence-electron chi connectivity index (χ1n) is 11.8. The van der Waals surface area contributed by atoms with Crippen molar-refractivity contribution in [1.29, 1.82) is 0 Å². The molecule has 0 heterocycles. The van der Waals surface area contributed by atoms with E-state index in [0.717, 1.165) is 12.1 Å². The van der Waals surface area contributed by atoms with E-state index >= 15 is 0 Å². The molecule has 38 heavy (non-hydrogen) atoms. The van der Waals surface area contributed by atoms with Crippen molar-refractivity contribution in [2.24, 2.45) is 0 Å². The van der Waals surface area contributed by atoms with Gasteiger partial charge >= 0.3 is 31.9 Å². The monoisotopic (exact) mass is 670 g/mol. The van der Waals surface area contributed by atoms with E-state index in [1.807, 2.05) is 26.2 Å². The molecule has 0 N–H and O–H groups in total. The number of nitrogens with zero attached hydrogens (tertiary/aromatic N) is 1. The number of alkyl halides is 3. The zero-order valence-corrected chi connectivity index (χ0v) is 30.3. The van der Waals surface area contributed by atoms with Crippen LogP contribution in [0.1, 0.15) is 5.56 Å². The van der Waals surface area contributed by atoms with Crippen LogP contribution in [0, 0.1) is 0 Å². The van der Waals surface area contributed by atoms with Crippen molar-refractivity contribution in [3.05, 3.63) is 34.0 Å². The Morgan fingerprint density at radius 3 is 1.71 bits per heavy atom. The zero-order chi connectivity index (χ0) is 30.0. The molecule has 0 fully saturated rings. The summed E-state index contributed by atoms with van der Waals surface area (Å²) >= 11 is 0. The molecule has 222 valence electrons. The van der Waals surface area contributed by atoms with Crippen molar-refractivity contribution in [3.8, 4) is 0 Å². The Labute approximate surface area is 231 Å². The fourth-order valence-electron chi connectivity index (χ4n) is 3.73. The Balaban J connectivity index is 3.02. The molecule has 0 radical (unpaired) electrons. The molecule has 1 aromatic carbocycles. The second-order valence-corrected chi connectivity index (χ2v) is 33.5. The molecule has 0 spiro atoms. The SMILES string of the molecule is C[SiH](O[Si](C)(C)O[Si](C)(C)C)O[Si](C)(CCc1ccc(S(=O)(=O)[N-]S(=O)(=O)C(F)(F)F)cc1)O[Si](C)(C)C. The van der Waals surface area contributed by atoms with E-state index in [-0.39, 0.29) is 0 Å². The van der Waals surface area contributed by atoms with Crippen LogP contribution < -0.4 is 0 Å². The van der Waals surface area contributed by atoms with Gasteiger partial charge in [-0.1, -0.05) is 12.1 Å². The van der Waals surface area contributed by atoms with Gasteiger partial charge in [-0.2, -0.15) is 13.2 Å². The van der Waals surface area contributed by atoms with Crippen LogP contribution >= 0.6 is 0 Å². The highest BCUT2D eigenvalue weighted by molar-refractivity contribution is 8.12. The van der Waals surface area contributed by atoms with Gasteiger partial charge in [0, 0.05) is 4.90 Å². The molecular formula is C19H39F3NO8S2Si5-. The lowest BCUT2D eigenvalue weighted by molar-refractivity contribution is -0.0425. The molecular weight excluding hydrogens is 632 g/mol.